The zero-order chi connectivity index (χ0) is 33.0. The molecule has 1 aliphatic heterocycles. The van der Waals surface area contributed by atoms with Crippen molar-refractivity contribution in [3.63, 3.8) is 0 Å². The summed E-state index contributed by atoms with van der Waals surface area (Å²) in [5.41, 5.74) is 3.93. The molecule has 1 aromatic carbocycles. The molecule has 5 rings (SSSR count). The van der Waals surface area contributed by atoms with E-state index in [1.165, 1.54) is 17.8 Å². The number of carboxylic acid groups (broad SMARTS) is 1. The molecule has 8 nitrogen and oxygen atoms in total. The number of nitrogens with one attached hydrogen (secondary N) is 1. The topological polar surface area (TPSA) is 104 Å². The van der Waals surface area contributed by atoms with Gasteiger partial charge < -0.3 is 15.3 Å². The Kier molecular flexibility index (Phi) is 9.64. The highest BCUT2D eigenvalue weighted by molar-refractivity contribution is 5.73. The van der Waals surface area contributed by atoms with Crippen molar-refractivity contribution in [3.8, 4) is 11.4 Å². The maximum atomic E-state index is 13.7. The Morgan fingerprint density at radius 2 is 1.49 bits per heavy atom. The Hall–Kier alpha value is -4.75. The van der Waals surface area contributed by atoms with Gasteiger partial charge in [-0.3, -0.25) is 4.98 Å². The second-order valence-corrected chi connectivity index (χ2v) is 11.2. The summed E-state index contributed by atoms with van der Waals surface area (Å²) in [5, 5.41) is 10.6. The smallest absolute Gasteiger partial charge is 0.475 e. The van der Waals surface area contributed by atoms with Gasteiger partial charge in [0.2, 0.25) is 0 Å². The molecule has 0 atom stereocenters. The van der Waals surface area contributed by atoms with Crippen molar-refractivity contribution in [3.05, 3.63) is 89.5 Å². The van der Waals surface area contributed by atoms with Gasteiger partial charge >= 0.3 is 18.3 Å². The number of nitrogens with zero attached hydrogens (tertiary/aromatic N) is 5. The van der Waals surface area contributed by atoms with E-state index in [1.54, 1.807) is 17.3 Å². The molecule has 238 valence electrons. The predicted molar refractivity (Wildman–Crippen MR) is 156 cm³/mol. The lowest BCUT2D eigenvalue weighted by Crippen LogP contribution is -2.29. The van der Waals surface area contributed by atoms with E-state index in [2.05, 4.69) is 48.2 Å². The predicted octanol–water partition coefficient (Wildman–Crippen LogP) is 7.23. The Morgan fingerprint density at radius 3 is 2.07 bits per heavy atom. The van der Waals surface area contributed by atoms with Crippen LogP contribution in [0, 0.1) is 0 Å². The van der Waals surface area contributed by atoms with E-state index in [1.807, 2.05) is 24.3 Å². The van der Waals surface area contributed by atoms with Gasteiger partial charge in [-0.15, -0.1) is 0 Å². The van der Waals surface area contributed by atoms with Crippen LogP contribution >= 0.6 is 0 Å². The molecule has 0 saturated carbocycles. The fraction of sp³-hybridized carbons (Fsp3) is 0.323. The summed E-state index contributed by atoms with van der Waals surface area (Å²) < 4.78 is 72.9. The van der Waals surface area contributed by atoms with E-state index >= 15 is 0 Å². The minimum absolute atomic E-state index is 0.0310. The highest BCUT2D eigenvalue weighted by Crippen LogP contribution is 2.36. The Morgan fingerprint density at radius 1 is 0.867 bits per heavy atom. The van der Waals surface area contributed by atoms with E-state index in [4.69, 9.17) is 19.9 Å². The van der Waals surface area contributed by atoms with Gasteiger partial charge in [0.15, 0.2) is 5.82 Å². The third-order valence-corrected chi connectivity index (χ3v) is 6.93. The summed E-state index contributed by atoms with van der Waals surface area (Å²) >= 11 is 0. The maximum absolute atomic E-state index is 13.7. The number of rotatable bonds is 4. The van der Waals surface area contributed by atoms with Crippen LogP contribution in [0.25, 0.3) is 11.4 Å². The normalized spacial score (nSPS) is 13.7. The molecule has 1 aliphatic rings. The van der Waals surface area contributed by atoms with Gasteiger partial charge in [0.1, 0.15) is 11.6 Å². The molecule has 0 fully saturated rings. The quantitative estimate of drug-likeness (QED) is 0.227. The van der Waals surface area contributed by atoms with Crippen molar-refractivity contribution in [2.24, 2.45) is 0 Å². The SMILES string of the molecule is CC(C)(C)c1ccc(Nc2nc(-c3ccncc3)nc3c2CCN(c2ncccc2C(F)(F)F)CC3)cc1.O=C(O)C(F)(F)F. The first-order valence-electron chi connectivity index (χ1n) is 13.8. The highest BCUT2D eigenvalue weighted by Gasteiger charge is 2.38. The van der Waals surface area contributed by atoms with E-state index < -0.39 is 23.9 Å². The molecular weight excluding hydrogens is 602 g/mol. The monoisotopic (exact) mass is 632 g/mol. The number of hydrogen-bond donors (Lipinski definition) is 2. The average molecular weight is 633 g/mol. The summed E-state index contributed by atoms with van der Waals surface area (Å²) in [4.78, 5) is 28.5. The van der Waals surface area contributed by atoms with Gasteiger partial charge in [-0.2, -0.15) is 26.3 Å². The molecule has 4 aromatic rings. The molecular formula is C31H30F6N6O2. The lowest BCUT2D eigenvalue weighted by Gasteiger charge is -2.24. The number of benzene rings is 1. The van der Waals surface area contributed by atoms with E-state index in [0.29, 0.717) is 37.6 Å². The van der Waals surface area contributed by atoms with Crippen molar-refractivity contribution >= 4 is 23.3 Å². The van der Waals surface area contributed by atoms with Gasteiger partial charge in [0.25, 0.3) is 0 Å². The van der Waals surface area contributed by atoms with Crippen molar-refractivity contribution in [2.45, 2.75) is 51.4 Å². The number of pyridine rings is 2. The number of halogens is 6. The van der Waals surface area contributed by atoms with Gasteiger partial charge in [-0.1, -0.05) is 32.9 Å². The number of alkyl halides is 6. The number of aromatic nitrogens is 4. The molecule has 0 bridgehead atoms. The molecule has 45 heavy (non-hydrogen) atoms. The molecule has 0 radical (unpaired) electrons. The number of fused-ring (bicyclic) bond motifs is 1. The standard InChI is InChI=1S/C29H29F3N6.C2HF3O2/c1-28(2,3)20-6-8-21(9-7-20)35-26-22-12-17-38(27-23(29(30,31)32)5-4-14-34-27)18-13-24(22)36-25(37-26)19-10-15-33-16-11-19;3-2(4,5)1(6)7/h4-11,14-16H,12-13,17-18H2,1-3H3,(H,35,36,37);(H,6,7). The molecule has 14 heteroatoms. The molecule has 2 N–H and O–H groups in total. The molecule has 0 saturated heterocycles. The summed E-state index contributed by atoms with van der Waals surface area (Å²) in [7, 11) is 0. The lowest BCUT2D eigenvalue weighted by atomic mass is 9.87. The second kappa shape index (κ2) is 13.1. The third-order valence-electron chi connectivity index (χ3n) is 6.93. The Bertz CT molecular complexity index is 1620. The highest BCUT2D eigenvalue weighted by atomic mass is 19.4. The van der Waals surface area contributed by atoms with Crippen molar-refractivity contribution in [1.82, 2.24) is 19.9 Å². The van der Waals surface area contributed by atoms with E-state index in [0.717, 1.165) is 28.6 Å². The van der Waals surface area contributed by atoms with E-state index in [9.17, 15) is 26.3 Å². The maximum Gasteiger partial charge on any atom is 0.490 e. The van der Waals surface area contributed by atoms with Crippen LogP contribution in [-0.4, -0.2) is 50.3 Å². The second-order valence-electron chi connectivity index (χ2n) is 11.2. The Labute approximate surface area is 255 Å². The number of anilines is 3. The molecule has 3 aromatic heterocycles. The molecule has 0 amide bonds. The molecule has 0 unspecified atom stereocenters. The van der Waals surface area contributed by atoms with E-state index in [-0.39, 0.29) is 11.2 Å². The fourth-order valence-corrected chi connectivity index (χ4v) is 4.61. The molecule has 0 aliphatic carbocycles. The van der Waals surface area contributed by atoms with Crippen LogP contribution in [0.5, 0.6) is 0 Å². The van der Waals surface area contributed by atoms with Crippen LogP contribution in [-0.2, 0) is 29.2 Å². The number of carbonyl (C=O) groups is 1. The number of aliphatic carboxylic acids is 1. The summed E-state index contributed by atoms with van der Waals surface area (Å²) in [6, 6.07) is 14.3. The fourth-order valence-electron chi connectivity index (χ4n) is 4.61. The lowest BCUT2D eigenvalue weighted by molar-refractivity contribution is -0.192. The first kappa shape index (κ1) is 33.1. The van der Waals surface area contributed by atoms with Crippen LogP contribution in [0.3, 0.4) is 0 Å². The minimum Gasteiger partial charge on any atom is -0.475 e. The van der Waals surface area contributed by atoms with Crippen molar-refractivity contribution < 1.29 is 36.2 Å². The first-order chi connectivity index (χ1) is 21.0. The summed E-state index contributed by atoms with van der Waals surface area (Å²) in [6.45, 7) is 7.22. The van der Waals surface area contributed by atoms with Crippen LogP contribution in [0.4, 0.5) is 43.7 Å². The minimum atomic E-state index is -5.08. The van der Waals surface area contributed by atoms with Gasteiger partial charge in [-0.25, -0.2) is 19.7 Å². The van der Waals surface area contributed by atoms with Gasteiger partial charge in [0.05, 0.1) is 11.3 Å². The van der Waals surface area contributed by atoms with Crippen molar-refractivity contribution in [1.29, 1.82) is 0 Å². The average Bonchev–Trinajstić information content (AvgIpc) is 3.20. The zero-order valence-electron chi connectivity index (χ0n) is 24.5. The summed E-state index contributed by atoms with van der Waals surface area (Å²) in [5.74, 6) is -1.61. The zero-order valence-corrected chi connectivity index (χ0v) is 24.5. The number of carboxylic acids is 1. The van der Waals surface area contributed by atoms with Crippen LogP contribution in [0.1, 0.15) is 43.2 Å². The molecule has 0 spiro atoms. The van der Waals surface area contributed by atoms with Crippen LogP contribution in [0.2, 0.25) is 0 Å². The molecule has 4 heterocycles. The Balaban J connectivity index is 0.000000591. The first-order valence-corrected chi connectivity index (χ1v) is 13.8. The van der Waals surface area contributed by atoms with Gasteiger partial charge in [-0.05, 0) is 53.8 Å². The largest absolute Gasteiger partial charge is 0.490 e. The number of hydrogen-bond acceptors (Lipinski definition) is 7. The third kappa shape index (κ3) is 8.46. The van der Waals surface area contributed by atoms with Crippen LogP contribution in [0.15, 0.2) is 67.1 Å². The summed E-state index contributed by atoms with van der Waals surface area (Å²) in [6.07, 6.45) is -3.86. The van der Waals surface area contributed by atoms with Crippen molar-refractivity contribution in [2.75, 3.05) is 23.3 Å². The van der Waals surface area contributed by atoms with Gasteiger partial charge in [0, 0.05) is 54.9 Å². The van der Waals surface area contributed by atoms with Crippen LogP contribution < -0.4 is 10.2 Å².